The summed E-state index contributed by atoms with van der Waals surface area (Å²) in [7, 11) is 0. The molecule has 0 bridgehead atoms. The van der Waals surface area contributed by atoms with Gasteiger partial charge in [-0.3, -0.25) is 9.78 Å². The Morgan fingerprint density at radius 1 is 1.22 bits per heavy atom. The third-order valence-corrected chi connectivity index (χ3v) is 3.12. The molecule has 2 aromatic heterocycles. The lowest BCUT2D eigenvalue weighted by Gasteiger charge is -2.04. The van der Waals surface area contributed by atoms with E-state index in [9.17, 15) is 4.79 Å². The molecule has 1 N–H and O–H groups in total. The van der Waals surface area contributed by atoms with Gasteiger partial charge in [0.1, 0.15) is 0 Å². The summed E-state index contributed by atoms with van der Waals surface area (Å²) in [6, 6.07) is 4.11. The van der Waals surface area contributed by atoms with Crippen LogP contribution < -0.4 is 0 Å². The van der Waals surface area contributed by atoms with E-state index in [4.69, 9.17) is 5.11 Å². The van der Waals surface area contributed by atoms with Crippen molar-refractivity contribution in [2.75, 3.05) is 0 Å². The number of aromatic nitrogens is 2. The number of carboxylic acids is 1. The van der Waals surface area contributed by atoms with Crippen molar-refractivity contribution in [1.29, 1.82) is 0 Å². The standard InChI is InChI=1S/C14H18N2O2/c17-14(18)5-3-1-2-4-9-16-10-7-12-6-8-15-11-13(12)16/h6-8,10-11H,1-5,9H2,(H,17,18). The minimum Gasteiger partial charge on any atom is -0.481 e. The molecule has 4 heteroatoms. The van der Waals surface area contributed by atoms with Crippen LogP contribution in [0.25, 0.3) is 10.9 Å². The van der Waals surface area contributed by atoms with Crippen LogP contribution >= 0.6 is 0 Å². The predicted octanol–water partition coefficient (Wildman–Crippen LogP) is 3.07. The van der Waals surface area contributed by atoms with Gasteiger partial charge in [0.25, 0.3) is 0 Å². The summed E-state index contributed by atoms with van der Waals surface area (Å²) in [5.41, 5.74) is 1.17. The number of nitrogens with zero attached hydrogens (tertiary/aromatic N) is 2. The Balaban J connectivity index is 1.75. The molecule has 18 heavy (non-hydrogen) atoms. The van der Waals surface area contributed by atoms with Crippen molar-refractivity contribution in [3.63, 3.8) is 0 Å². The fourth-order valence-electron chi connectivity index (χ4n) is 2.14. The van der Waals surface area contributed by atoms with Crippen LogP contribution in [0.4, 0.5) is 0 Å². The molecule has 0 unspecified atom stereocenters. The van der Waals surface area contributed by atoms with Crippen molar-refractivity contribution < 1.29 is 9.90 Å². The van der Waals surface area contributed by atoms with Crippen molar-refractivity contribution >= 4 is 16.9 Å². The SMILES string of the molecule is O=C(O)CCCCCCn1ccc2ccncc21. The first kappa shape index (κ1) is 12.6. The number of hydrogen-bond acceptors (Lipinski definition) is 2. The second-order valence-corrected chi connectivity index (χ2v) is 4.50. The number of aryl methyl sites for hydroxylation is 1. The van der Waals surface area contributed by atoms with Gasteiger partial charge < -0.3 is 9.67 Å². The molecule has 2 aromatic rings. The molecule has 0 aliphatic heterocycles. The van der Waals surface area contributed by atoms with Gasteiger partial charge in [0.15, 0.2) is 0 Å². The Hall–Kier alpha value is -1.84. The highest BCUT2D eigenvalue weighted by atomic mass is 16.4. The van der Waals surface area contributed by atoms with E-state index in [0.29, 0.717) is 0 Å². The van der Waals surface area contributed by atoms with Gasteiger partial charge in [-0.05, 0) is 25.0 Å². The van der Waals surface area contributed by atoms with Gasteiger partial charge in [-0.2, -0.15) is 0 Å². The molecule has 0 aliphatic rings. The Morgan fingerprint density at radius 2 is 2.06 bits per heavy atom. The van der Waals surface area contributed by atoms with E-state index in [1.807, 2.05) is 12.3 Å². The second kappa shape index (κ2) is 6.19. The van der Waals surface area contributed by atoms with Gasteiger partial charge >= 0.3 is 5.97 Å². The number of hydrogen-bond donors (Lipinski definition) is 1. The number of fused-ring (bicyclic) bond motifs is 1. The average molecular weight is 246 g/mol. The van der Waals surface area contributed by atoms with Gasteiger partial charge in [0, 0.05) is 30.7 Å². The quantitative estimate of drug-likeness (QED) is 0.764. The summed E-state index contributed by atoms with van der Waals surface area (Å²) in [5, 5.41) is 9.75. The molecule has 96 valence electrons. The zero-order chi connectivity index (χ0) is 12.8. The Bertz CT molecular complexity index is 519. The molecule has 0 radical (unpaired) electrons. The summed E-state index contributed by atoms with van der Waals surface area (Å²) in [4.78, 5) is 14.5. The Morgan fingerprint density at radius 3 is 2.89 bits per heavy atom. The van der Waals surface area contributed by atoms with Crippen LogP contribution in [0.2, 0.25) is 0 Å². The van der Waals surface area contributed by atoms with Gasteiger partial charge in [-0.25, -0.2) is 0 Å². The van der Waals surface area contributed by atoms with Crippen LogP contribution in [0, 0.1) is 0 Å². The number of pyridine rings is 1. The molecule has 0 saturated carbocycles. The van der Waals surface area contributed by atoms with Crippen LogP contribution in [0.1, 0.15) is 32.1 Å². The van der Waals surface area contributed by atoms with Crippen molar-refractivity contribution in [3.05, 3.63) is 30.7 Å². The van der Waals surface area contributed by atoms with E-state index in [0.717, 1.165) is 32.2 Å². The average Bonchev–Trinajstić information content (AvgIpc) is 2.77. The molecule has 0 aliphatic carbocycles. The third kappa shape index (κ3) is 3.32. The van der Waals surface area contributed by atoms with Crippen LogP contribution in [0.15, 0.2) is 30.7 Å². The van der Waals surface area contributed by atoms with Gasteiger partial charge in [-0.15, -0.1) is 0 Å². The van der Waals surface area contributed by atoms with Gasteiger partial charge in [-0.1, -0.05) is 12.8 Å². The molecule has 0 saturated heterocycles. The maximum atomic E-state index is 10.4. The number of aliphatic carboxylic acids is 1. The van der Waals surface area contributed by atoms with E-state index in [-0.39, 0.29) is 6.42 Å². The molecular weight excluding hydrogens is 228 g/mol. The molecular formula is C14H18N2O2. The summed E-state index contributed by atoms with van der Waals surface area (Å²) >= 11 is 0. The minimum absolute atomic E-state index is 0.288. The van der Waals surface area contributed by atoms with E-state index in [2.05, 4.69) is 21.8 Å². The monoisotopic (exact) mass is 246 g/mol. The molecule has 2 rings (SSSR count). The predicted molar refractivity (Wildman–Crippen MR) is 70.5 cm³/mol. The van der Waals surface area contributed by atoms with Crippen LogP contribution in [-0.4, -0.2) is 20.6 Å². The summed E-state index contributed by atoms with van der Waals surface area (Å²) in [6.07, 6.45) is 10.00. The molecule has 0 aromatic carbocycles. The summed E-state index contributed by atoms with van der Waals surface area (Å²) < 4.78 is 2.21. The lowest BCUT2D eigenvalue weighted by molar-refractivity contribution is -0.137. The minimum atomic E-state index is -0.697. The topological polar surface area (TPSA) is 55.1 Å². The zero-order valence-electron chi connectivity index (χ0n) is 10.4. The fraction of sp³-hybridized carbons (Fsp3) is 0.429. The maximum Gasteiger partial charge on any atom is 0.303 e. The Labute approximate surface area is 106 Å². The lowest BCUT2D eigenvalue weighted by Crippen LogP contribution is -1.97. The first-order chi connectivity index (χ1) is 8.77. The number of unbranched alkanes of at least 4 members (excludes halogenated alkanes) is 3. The van der Waals surface area contributed by atoms with Gasteiger partial charge in [0.2, 0.25) is 0 Å². The smallest absolute Gasteiger partial charge is 0.303 e. The van der Waals surface area contributed by atoms with E-state index in [1.165, 1.54) is 10.9 Å². The number of carbonyl (C=O) groups is 1. The second-order valence-electron chi connectivity index (χ2n) is 4.50. The van der Waals surface area contributed by atoms with Crippen molar-refractivity contribution in [2.45, 2.75) is 38.6 Å². The van der Waals surface area contributed by atoms with E-state index in [1.54, 1.807) is 6.20 Å². The van der Waals surface area contributed by atoms with Crippen molar-refractivity contribution in [1.82, 2.24) is 9.55 Å². The number of carboxylic acid groups (broad SMARTS) is 1. The molecule has 2 heterocycles. The summed E-state index contributed by atoms with van der Waals surface area (Å²) in [5.74, 6) is -0.697. The molecule has 0 spiro atoms. The molecule has 0 amide bonds. The highest BCUT2D eigenvalue weighted by molar-refractivity contribution is 5.78. The van der Waals surface area contributed by atoms with E-state index >= 15 is 0 Å². The molecule has 0 atom stereocenters. The van der Waals surface area contributed by atoms with Crippen LogP contribution in [0.3, 0.4) is 0 Å². The third-order valence-electron chi connectivity index (χ3n) is 3.12. The molecule has 0 fully saturated rings. The summed E-state index contributed by atoms with van der Waals surface area (Å²) in [6.45, 7) is 0.974. The molecule has 4 nitrogen and oxygen atoms in total. The largest absolute Gasteiger partial charge is 0.481 e. The van der Waals surface area contributed by atoms with E-state index < -0.39 is 5.97 Å². The van der Waals surface area contributed by atoms with Crippen LogP contribution in [0.5, 0.6) is 0 Å². The Kier molecular flexibility index (Phi) is 4.34. The fourth-order valence-corrected chi connectivity index (χ4v) is 2.14. The maximum absolute atomic E-state index is 10.4. The normalized spacial score (nSPS) is 10.9. The highest BCUT2D eigenvalue weighted by Crippen LogP contribution is 2.15. The lowest BCUT2D eigenvalue weighted by atomic mass is 10.1. The van der Waals surface area contributed by atoms with Crippen molar-refractivity contribution in [3.8, 4) is 0 Å². The van der Waals surface area contributed by atoms with Gasteiger partial charge in [0.05, 0.1) is 11.7 Å². The first-order valence-corrected chi connectivity index (χ1v) is 6.38. The highest BCUT2D eigenvalue weighted by Gasteiger charge is 2.00. The zero-order valence-corrected chi connectivity index (χ0v) is 10.4. The van der Waals surface area contributed by atoms with Crippen LogP contribution in [-0.2, 0) is 11.3 Å². The van der Waals surface area contributed by atoms with Crippen molar-refractivity contribution in [2.24, 2.45) is 0 Å². The number of rotatable bonds is 7. The first-order valence-electron chi connectivity index (χ1n) is 6.38.